The van der Waals surface area contributed by atoms with Crippen molar-refractivity contribution in [2.75, 3.05) is 5.32 Å². The summed E-state index contributed by atoms with van der Waals surface area (Å²) in [5, 5.41) is 11.5. The van der Waals surface area contributed by atoms with Crippen LogP contribution < -0.4 is 5.32 Å². The topological polar surface area (TPSA) is 66.5 Å². The van der Waals surface area contributed by atoms with Crippen LogP contribution in [-0.4, -0.2) is 26.2 Å². The fourth-order valence-corrected chi connectivity index (χ4v) is 3.71. The summed E-state index contributed by atoms with van der Waals surface area (Å²) in [5.74, 6) is 1.61. The molecule has 0 spiro atoms. The molecule has 5 nitrogen and oxygen atoms in total. The molecule has 1 aliphatic carbocycles. The van der Waals surface area contributed by atoms with Crippen molar-refractivity contribution in [3.05, 3.63) is 60.6 Å². The molecule has 1 saturated carbocycles. The van der Waals surface area contributed by atoms with Gasteiger partial charge in [-0.2, -0.15) is 5.10 Å². The van der Waals surface area contributed by atoms with E-state index in [1.807, 2.05) is 0 Å². The number of H-pyrrole nitrogens is 1. The van der Waals surface area contributed by atoms with Gasteiger partial charge in [0.2, 0.25) is 0 Å². The number of hydrogen-bond donors (Lipinski definition) is 2. The number of anilines is 1. The zero-order chi connectivity index (χ0) is 17.6. The number of aromatic amines is 1. The molecule has 26 heavy (non-hydrogen) atoms. The normalized spacial score (nSPS) is 20.6. The van der Waals surface area contributed by atoms with E-state index in [9.17, 15) is 0 Å². The van der Waals surface area contributed by atoms with E-state index < -0.39 is 0 Å². The highest BCUT2D eigenvalue weighted by molar-refractivity contribution is 5.85. The lowest BCUT2D eigenvalue weighted by Crippen LogP contribution is -2.26. The number of benzene rings is 1. The van der Waals surface area contributed by atoms with Gasteiger partial charge >= 0.3 is 0 Å². The summed E-state index contributed by atoms with van der Waals surface area (Å²) in [4.78, 5) is 8.58. The average molecular weight is 347 g/mol. The average Bonchev–Trinajstić information content (AvgIpc) is 3.17. The van der Waals surface area contributed by atoms with Crippen molar-refractivity contribution in [1.82, 2.24) is 20.2 Å². The molecule has 134 valence electrons. The molecule has 2 heterocycles. The molecule has 2 N–H and O–H groups in total. The molecule has 3 aromatic rings. The van der Waals surface area contributed by atoms with Gasteiger partial charge in [0, 0.05) is 6.04 Å². The van der Waals surface area contributed by atoms with Crippen molar-refractivity contribution < 1.29 is 0 Å². The van der Waals surface area contributed by atoms with E-state index >= 15 is 0 Å². The molecule has 0 radical (unpaired) electrons. The van der Waals surface area contributed by atoms with E-state index in [4.69, 9.17) is 0 Å². The monoisotopic (exact) mass is 347 g/mol. The predicted molar refractivity (Wildman–Crippen MR) is 105 cm³/mol. The zero-order valence-corrected chi connectivity index (χ0v) is 14.9. The highest BCUT2D eigenvalue weighted by Gasteiger charge is 2.20. The second kappa shape index (κ2) is 8.13. The Morgan fingerprint density at radius 1 is 1.08 bits per heavy atom. The molecule has 0 atom stereocenters. The third-order valence-corrected chi connectivity index (χ3v) is 5.21. The van der Waals surface area contributed by atoms with Crippen LogP contribution in [0.15, 0.2) is 55.0 Å². The SMILES string of the molecule is C(=C\C1CCC(Nc2ncnc3[nH]ncc23)CC1)/CCc1ccccc1. The number of fused-ring (bicyclic) bond motifs is 1. The molecule has 4 rings (SSSR count). The summed E-state index contributed by atoms with van der Waals surface area (Å²) >= 11 is 0. The summed E-state index contributed by atoms with van der Waals surface area (Å²) in [7, 11) is 0. The van der Waals surface area contributed by atoms with Gasteiger partial charge in [-0.05, 0) is 50.0 Å². The van der Waals surface area contributed by atoms with Crippen LogP contribution in [0.4, 0.5) is 5.82 Å². The first kappa shape index (κ1) is 16.8. The first-order valence-electron chi connectivity index (χ1n) is 9.49. The molecular formula is C21H25N5. The molecule has 0 unspecified atom stereocenters. The zero-order valence-electron chi connectivity index (χ0n) is 14.9. The molecule has 0 amide bonds. The van der Waals surface area contributed by atoms with Gasteiger partial charge in [0.1, 0.15) is 12.1 Å². The van der Waals surface area contributed by atoms with Crippen LogP contribution in [-0.2, 0) is 6.42 Å². The smallest absolute Gasteiger partial charge is 0.160 e. The van der Waals surface area contributed by atoms with Crippen LogP contribution in [0.25, 0.3) is 11.0 Å². The Hall–Kier alpha value is -2.69. The van der Waals surface area contributed by atoms with Crippen molar-refractivity contribution in [1.29, 1.82) is 0 Å². The Morgan fingerprint density at radius 3 is 2.77 bits per heavy atom. The molecule has 5 heteroatoms. The fourth-order valence-electron chi connectivity index (χ4n) is 3.71. The minimum absolute atomic E-state index is 0.483. The van der Waals surface area contributed by atoms with Gasteiger partial charge in [0.25, 0.3) is 0 Å². The summed E-state index contributed by atoms with van der Waals surface area (Å²) in [6.45, 7) is 0. The van der Waals surface area contributed by atoms with Gasteiger partial charge in [-0.25, -0.2) is 9.97 Å². The fraction of sp³-hybridized carbons (Fsp3) is 0.381. The number of allylic oxidation sites excluding steroid dienone is 2. The number of hydrogen-bond acceptors (Lipinski definition) is 4. The van der Waals surface area contributed by atoms with E-state index in [1.54, 1.807) is 12.5 Å². The number of aryl methyl sites for hydroxylation is 1. The van der Waals surface area contributed by atoms with Crippen molar-refractivity contribution in [2.45, 2.75) is 44.6 Å². The maximum absolute atomic E-state index is 4.39. The van der Waals surface area contributed by atoms with Crippen LogP contribution in [0.3, 0.4) is 0 Å². The lowest BCUT2D eigenvalue weighted by molar-refractivity contribution is 0.390. The van der Waals surface area contributed by atoms with Crippen molar-refractivity contribution in [3.63, 3.8) is 0 Å². The van der Waals surface area contributed by atoms with E-state index in [-0.39, 0.29) is 0 Å². The van der Waals surface area contributed by atoms with Crippen LogP contribution in [0.2, 0.25) is 0 Å². The minimum atomic E-state index is 0.483. The molecule has 1 aliphatic rings. The molecule has 1 fully saturated rings. The van der Waals surface area contributed by atoms with Gasteiger partial charge < -0.3 is 5.32 Å². The highest BCUT2D eigenvalue weighted by atomic mass is 15.2. The van der Waals surface area contributed by atoms with Gasteiger partial charge in [0.05, 0.1) is 11.6 Å². The Bertz CT molecular complexity index is 847. The molecule has 0 saturated heterocycles. The Morgan fingerprint density at radius 2 is 1.92 bits per heavy atom. The summed E-state index contributed by atoms with van der Waals surface area (Å²) in [6, 6.07) is 11.2. The third kappa shape index (κ3) is 4.10. The van der Waals surface area contributed by atoms with Crippen molar-refractivity contribution in [2.24, 2.45) is 5.92 Å². The number of nitrogens with zero attached hydrogens (tertiary/aromatic N) is 3. The van der Waals surface area contributed by atoms with E-state index in [1.165, 1.54) is 31.2 Å². The van der Waals surface area contributed by atoms with E-state index in [0.29, 0.717) is 12.0 Å². The number of rotatable bonds is 6. The Labute approximate surface area is 154 Å². The number of nitrogens with one attached hydrogen (secondary N) is 2. The highest BCUT2D eigenvalue weighted by Crippen LogP contribution is 2.28. The predicted octanol–water partition coefficient (Wildman–Crippen LogP) is 4.51. The molecule has 0 aliphatic heterocycles. The minimum Gasteiger partial charge on any atom is -0.367 e. The maximum Gasteiger partial charge on any atom is 0.160 e. The van der Waals surface area contributed by atoms with Gasteiger partial charge in [-0.15, -0.1) is 0 Å². The van der Waals surface area contributed by atoms with Crippen LogP contribution in [0.5, 0.6) is 0 Å². The van der Waals surface area contributed by atoms with Gasteiger partial charge in [0.15, 0.2) is 5.65 Å². The van der Waals surface area contributed by atoms with Crippen LogP contribution in [0, 0.1) is 5.92 Å². The summed E-state index contributed by atoms with van der Waals surface area (Å²) in [5.41, 5.74) is 2.21. The van der Waals surface area contributed by atoms with Gasteiger partial charge in [-0.3, -0.25) is 5.10 Å². The Balaban J connectivity index is 1.24. The molecular weight excluding hydrogens is 322 g/mol. The Kier molecular flexibility index (Phi) is 5.24. The quantitative estimate of drug-likeness (QED) is 0.644. The lowest BCUT2D eigenvalue weighted by Gasteiger charge is -2.28. The van der Waals surface area contributed by atoms with Crippen LogP contribution >= 0.6 is 0 Å². The summed E-state index contributed by atoms with van der Waals surface area (Å²) < 4.78 is 0. The number of aromatic nitrogens is 4. The second-order valence-electron chi connectivity index (χ2n) is 7.06. The molecule has 1 aromatic carbocycles. The third-order valence-electron chi connectivity index (χ3n) is 5.21. The first-order valence-corrected chi connectivity index (χ1v) is 9.49. The van der Waals surface area contributed by atoms with Crippen LogP contribution in [0.1, 0.15) is 37.7 Å². The van der Waals surface area contributed by atoms with Gasteiger partial charge in [-0.1, -0.05) is 42.5 Å². The molecule has 0 bridgehead atoms. The first-order chi connectivity index (χ1) is 12.9. The lowest BCUT2D eigenvalue weighted by atomic mass is 9.85. The van der Waals surface area contributed by atoms with Crippen molar-refractivity contribution >= 4 is 16.9 Å². The second-order valence-corrected chi connectivity index (χ2v) is 7.06. The standard InChI is InChI=1S/C21H25N5/c1-2-6-16(7-3-1)8-4-5-9-17-10-12-18(13-11-17)25-20-19-14-24-26-21(19)23-15-22-20/h1-3,5-7,9,14-15,17-18H,4,8,10-13H2,(H2,22,23,24,25,26)/b9-5+. The molecule has 2 aromatic heterocycles. The largest absolute Gasteiger partial charge is 0.367 e. The maximum atomic E-state index is 4.39. The van der Waals surface area contributed by atoms with E-state index in [0.717, 1.165) is 29.7 Å². The van der Waals surface area contributed by atoms with E-state index in [2.05, 4.69) is 68.0 Å². The summed E-state index contributed by atoms with van der Waals surface area (Å²) in [6.07, 6.45) is 15.3. The van der Waals surface area contributed by atoms with Crippen molar-refractivity contribution in [3.8, 4) is 0 Å².